The summed E-state index contributed by atoms with van der Waals surface area (Å²) in [6, 6.07) is 6.81. The van der Waals surface area contributed by atoms with Crippen LogP contribution in [0.4, 0.5) is 5.95 Å². The lowest BCUT2D eigenvalue weighted by Crippen LogP contribution is -2.14. The molecule has 0 bridgehead atoms. The molecule has 8 heteroatoms. The van der Waals surface area contributed by atoms with Crippen LogP contribution in [-0.2, 0) is 0 Å². The lowest BCUT2D eigenvalue weighted by molar-refractivity contribution is 0.102. The summed E-state index contributed by atoms with van der Waals surface area (Å²) >= 11 is 6.07. The minimum Gasteiger partial charge on any atom is -0.288 e. The van der Waals surface area contributed by atoms with Crippen molar-refractivity contribution in [1.82, 2.24) is 25.6 Å². The van der Waals surface area contributed by atoms with E-state index in [1.54, 1.807) is 30.5 Å². The quantitative estimate of drug-likeness (QED) is 0.741. The van der Waals surface area contributed by atoms with Crippen molar-refractivity contribution in [1.29, 1.82) is 0 Å². The van der Waals surface area contributed by atoms with Crippen molar-refractivity contribution < 1.29 is 4.79 Å². The van der Waals surface area contributed by atoms with Gasteiger partial charge in [0.25, 0.3) is 11.9 Å². The van der Waals surface area contributed by atoms with E-state index >= 15 is 0 Å². The van der Waals surface area contributed by atoms with Crippen LogP contribution < -0.4 is 5.32 Å². The number of tetrazole rings is 1. The Balaban J connectivity index is 2.05. The monoisotopic (exact) mass is 274 g/mol. The Hall–Kier alpha value is -2.54. The van der Waals surface area contributed by atoms with Crippen LogP contribution in [-0.4, -0.2) is 31.5 Å². The van der Waals surface area contributed by atoms with Gasteiger partial charge >= 0.3 is 0 Å². The Kier molecular flexibility index (Phi) is 2.81. The zero-order valence-corrected chi connectivity index (χ0v) is 10.2. The molecule has 1 aromatic carbocycles. The predicted octanol–water partition coefficient (Wildman–Crippen LogP) is 1.65. The van der Waals surface area contributed by atoms with Crippen LogP contribution in [0.15, 0.2) is 30.5 Å². The van der Waals surface area contributed by atoms with E-state index in [-0.39, 0.29) is 11.9 Å². The van der Waals surface area contributed by atoms with Crippen molar-refractivity contribution in [2.24, 2.45) is 0 Å². The van der Waals surface area contributed by atoms with Crippen molar-refractivity contribution in [2.75, 3.05) is 5.32 Å². The summed E-state index contributed by atoms with van der Waals surface area (Å²) in [5.74, 6) is -0.272. The number of fused-ring (bicyclic) bond motifs is 1. The number of rotatable bonds is 2. The zero-order chi connectivity index (χ0) is 13.2. The third-order valence-electron chi connectivity index (χ3n) is 2.53. The van der Waals surface area contributed by atoms with Gasteiger partial charge in [-0.3, -0.25) is 15.1 Å². The highest BCUT2D eigenvalue weighted by Crippen LogP contribution is 2.25. The molecule has 0 radical (unpaired) electrons. The van der Waals surface area contributed by atoms with Gasteiger partial charge in [-0.25, -0.2) is 0 Å². The molecule has 3 aromatic rings. The Morgan fingerprint density at radius 3 is 3.00 bits per heavy atom. The van der Waals surface area contributed by atoms with Crippen LogP contribution in [0.1, 0.15) is 10.4 Å². The molecule has 3 rings (SSSR count). The van der Waals surface area contributed by atoms with Crippen LogP contribution in [0.5, 0.6) is 0 Å². The number of nitrogens with zero attached hydrogens (tertiary/aromatic N) is 4. The predicted molar refractivity (Wildman–Crippen MR) is 68.9 cm³/mol. The molecule has 0 atom stereocenters. The summed E-state index contributed by atoms with van der Waals surface area (Å²) < 4.78 is 0. The van der Waals surface area contributed by atoms with Gasteiger partial charge in [0.15, 0.2) is 0 Å². The van der Waals surface area contributed by atoms with E-state index < -0.39 is 0 Å². The van der Waals surface area contributed by atoms with Crippen molar-refractivity contribution in [3.8, 4) is 0 Å². The minimum absolute atomic E-state index is 0.101. The fraction of sp³-hybridized carbons (Fsp3) is 0. The van der Waals surface area contributed by atoms with Gasteiger partial charge in [-0.05, 0) is 29.5 Å². The Bertz CT molecular complexity index is 742. The van der Waals surface area contributed by atoms with E-state index in [1.165, 1.54) is 0 Å². The largest absolute Gasteiger partial charge is 0.288 e. The maximum absolute atomic E-state index is 12.1. The summed E-state index contributed by atoms with van der Waals surface area (Å²) in [5, 5.41) is 16.7. The molecule has 0 saturated heterocycles. The molecule has 2 aromatic heterocycles. The number of halogens is 1. The molecule has 19 heavy (non-hydrogen) atoms. The second-order valence-electron chi connectivity index (χ2n) is 3.68. The molecule has 1 amide bonds. The SMILES string of the molecule is O=C(Nc1nn[nH]n1)c1ccc(Cl)c2cccnc12. The number of H-pyrrole nitrogens is 1. The molecule has 94 valence electrons. The maximum atomic E-state index is 12.1. The fourth-order valence-corrected chi connectivity index (χ4v) is 1.92. The number of benzene rings is 1. The average molecular weight is 275 g/mol. The third-order valence-corrected chi connectivity index (χ3v) is 2.86. The summed E-state index contributed by atoms with van der Waals surface area (Å²) in [6.07, 6.45) is 1.60. The molecule has 0 fully saturated rings. The number of hydrogen-bond donors (Lipinski definition) is 2. The van der Waals surface area contributed by atoms with Crippen molar-refractivity contribution in [3.63, 3.8) is 0 Å². The summed E-state index contributed by atoms with van der Waals surface area (Å²) in [6.45, 7) is 0. The summed E-state index contributed by atoms with van der Waals surface area (Å²) in [4.78, 5) is 16.3. The number of carbonyl (C=O) groups excluding carboxylic acids is 1. The van der Waals surface area contributed by atoms with E-state index in [9.17, 15) is 4.79 Å². The van der Waals surface area contributed by atoms with E-state index in [4.69, 9.17) is 11.6 Å². The Morgan fingerprint density at radius 1 is 1.32 bits per heavy atom. The van der Waals surface area contributed by atoms with E-state index in [0.717, 1.165) is 0 Å². The number of pyridine rings is 1. The second kappa shape index (κ2) is 4.62. The lowest BCUT2D eigenvalue weighted by atomic mass is 10.1. The average Bonchev–Trinajstić information content (AvgIpc) is 2.92. The highest BCUT2D eigenvalue weighted by atomic mass is 35.5. The van der Waals surface area contributed by atoms with E-state index in [0.29, 0.717) is 21.5 Å². The van der Waals surface area contributed by atoms with E-state index in [1.807, 2.05) is 0 Å². The highest BCUT2D eigenvalue weighted by molar-refractivity contribution is 6.36. The number of anilines is 1. The van der Waals surface area contributed by atoms with Gasteiger partial charge in [0.05, 0.1) is 16.1 Å². The highest BCUT2D eigenvalue weighted by Gasteiger charge is 2.14. The van der Waals surface area contributed by atoms with Crippen LogP contribution in [0.3, 0.4) is 0 Å². The van der Waals surface area contributed by atoms with Crippen LogP contribution in [0.25, 0.3) is 10.9 Å². The number of aromatic amines is 1. The number of hydrogen-bond acceptors (Lipinski definition) is 5. The Morgan fingerprint density at radius 2 is 2.21 bits per heavy atom. The molecule has 2 N–H and O–H groups in total. The first kappa shape index (κ1) is 11.5. The fourth-order valence-electron chi connectivity index (χ4n) is 1.70. The van der Waals surface area contributed by atoms with Crippen molar-refractivity contribution in [2.45, 2.75) is 0 Å². The number of amides is 1. The molecule has 7 nitrogen and oxygen atoms in total. The summed E-state index contributed by atoms with van der Waals surface area (Å²) in [5.41, 5.74) is 0.917. The van der Waals surface area contributed by atoms with Gasteiger partial charge in [0.1, 0.15) is 0 Å². The first-order valence-corrected chi connectivity index (χ1v) is 5.71. The van der Waals surface area contributed by atoms with Crippen molar-refractivity contribution >= 4 is 34.4 Å². The Labute approximate surface area is 112 Å². The van der Waals surface area contributed by atoms with E-state index in [2.05, 4.69) is 30.9 Å². The number of carbonyl (C=O) groups is 1. The first-order valence-electron chi connectivity index (χ1n) is 5.34. The summed E-state index contributed by atoms with van der Waals surface area (Å²) in [7, 11) is 0. The molecule has 0 unspecified atom stereocenters. The lowest BCUT2D eigenvalue weighted by Gasteiger charge is -2.05. The molecule has 0 aliphatic heterocycles. The van der Waals surface area contributed by atoms with Crippen LogP contribution >= 0.6 is 11.6 Å². The number of aromatic nitrogens is 5. The van der Waals surface area contributed by atoms with Gasteiger partial charge in [0.2, 0.25) is 0 Å². The molecule has 0 aliphatic carbocycles. The first-order chi connectivity index (χ1) is 9.25. The van der Waals surface area contributed by atoms with Gasteiger partial charge in [0, 0.05) is 11.6 Å². The smallest absolute Gasteiger partial charge is 0.270 e. The van der Waals surface area contributed by atoms with Crippen LogP contribution in [0.2, 0.25) is 5.02 Å². The standard InChI is InChI=1S/C11H7ClN6O/c12-8-4-3-7(9-6(8)2-1-5-13-9)10(19)14-11-15-17-18-16-11/h1-5H,(H2,14,15,16,17,18,19). The number of nitrogens with one attached hydrogen (secondary N) is 2. The van der Waals surface area contributed by atoms with Crippen LogP contribution in [0, 0.1) is 0 Å². The molecule has 0 saturated carbocycles. The second-order valence-corrected chi connectivity index (χ2v) is 4.09. The van der Waals surface area contributed by atoms with Gasteiger partial charge in [-0.15, -0.1) is 5.10 Å². The van der Waals surface area contributed by atoms with Crippen molar-refractivity contribution in [3.05, 3.63) is 41.0 Å². The zero-order valence-electron chi connectivity index (χ0n) is 9.46. The molecule has 0 spiro atoms. The van der Waals surface area contributed by atoms with Gasteiger partial charge in [-0.2, -0.15) is 5.21 Å². The third kappa shape index (κ3) is 2.11. The minimum atomic E-state index is -0.373. The molecular weight excluding hydrogens is 268 g/mol. The molecule has 0 aliphatic rings. The van der Waals surface area contributed by atoms with Gasteiger partial charge in [-0.1, -0.05) is 16.7 Å². The normalized spacial score (nSPS) is 10.6. The van der Waals surface area contributed by atoms with Gasteiger partial charge < -0.3 is 0 Å². The topological polar surface area (TPSA) is 96.5 Å². The maximum Gasteiger partial charge on any atom is 0.270 e. The molecular formula is C11H7ClN6O. The molecule has 2 heterocycles.